The topological polar surface area (TPSA) is 54.4 Å². The molecule has 3 rings (SSSR count). The molecule has 2 aliphatic heterocycles. The minimum absolute atomic E-state index is 0.117. The lowest BCUT2D eigenvalue weighted by molar-refractivity contribution is 0.0139. The summed E-state index contributed by atoms with van der Waals surface area (Å²) < 4.78 is 38.0. The van der Waals surface area contributed by atoms with Crippen LogP contribution in [0.3, 0.4) is 0 Å². The van der Waals surface area contributed by atoms with Crippen LogP contribution in [0.5, 0.6) is 0 Å². The fourth-order valence-corrected chi connectivity index (χ4v) is 5.95. The highest BCUT2D eigenvalue weighted by molar-refractivity contribution is 7.93. The Morgan fingerprint density at radius 3 is 2.42 bits per heavy atom. The van der Waals surface area contributed by atoms with Crippen molar-refractivity contribution in [1.29, 1.82) is 0 Å². The SMILES string of the molecule is Cc1ccc(F)c(C2(O)CC3CCC(C2)S3(=O)=O)c1. The molecule has 1 aromatic rings. The number of benzene rings is 1. The molecule has 19 heavy (non-hydrogen) atoms. The third-order valence-electron chi connectivity index (χ3n) is 4.49. The van der Waals surface area contributed by atoms with Crippen molar-refractivity contribution in [2.45, 2.75) is 48.7 Å². The first kappa shape index (κ1) is 13.1. The van der Waals surface area contributed by atoms with Crippen LogP contribution in [-0.4, -0.2) is 24.0 Å². The van der Waals surface area contributed by atoms with E-state index in [0.717, 1.165) is 5.56 Å². The van der Waals surface area contributed by atoms with E-state index in [9.17, 15) is 17.9 Å². The van der Waals surface area contributed by atoms with Gasteiger partial charge < -0.3 is 5.11 Å². The molecule has 104 valence electrons. The van der Waals surface area contributed by atoms with Crippen LogP contribution in [0.4, 0.5) is 4.39 Å². The lowest BCUT2D eigenvalue weighted by atomic mass is 9.85. The Hall–Kier alpha value is -0.940. The van der Waals surface area contributed by atoms with Gasteiger partial charge in [-0.3, -0.25) is 0 Å². The highest BCUT2D eigenvalue weighted by Gasteiger charge is 2.53. The van der Waals surface area contributed by atoms with E-state index in [2.05, 4.69) is 0 Å². The van der Waals surface area contributed by atoms with E-state index in [-0.39, 0.29) is 18.4 Å². The Kier molecular flexibility index (Phi) is 2.77. The molecular formula is C14H17FO3S. The molecule has 3 nitrogen and oxygen atoms in total. The molecule has 0 saturated carbocycles. The number of rotatable bonds is 1. The van der Waals surface area contributed by atoms with Gasteiger partial charge in [0, 0.05) is 5.56 Å². The van der Waals surface area contributed by atoms with Gasteiger partial charge in [-0.1, -0.05) is 17.7 Å². The number of halogens is 1. The lowest BCUT2D eigenvalue weighted by Crippen LogP contribution is -2.43. The minimum Gasteiger partial charge on any atom is -0.385 e. The van der Waals surface area contributed by atoms with Crippen LogP contribution in [-0.2, 0) is 15.4 Å². The molecular weight excluding hydrogens is 267 g/mol. The number of fused-ring (bicyclic) bond motifs is 2. The summed E-state index contributed by atoms with van der Waals surface area (Å²) in [5.74, 6) is -0.452. The van der Waals surface area contributed by atoms with E-state index in [1.807, 2.05) is 6.92 Å². The van der Waals surface area contributed by atoms with E-state index in [4.69, 9.17) is 0 Å². The van der Waals surface area contributed by atoms with Crippen LogP contribution in [0, 0.1) is 12.7 Å². The van der Waals surface area contributed by atoms with Gasteiger partial charge in [0.1, 0.15) is 5.82 Å². The maximum atomic E-state index is 14.0. The number of aliphatic hydroxyl groups is 1. The first-order valence-corrected chi connectivity index (χ1v) is 8.15. The maximum absolute atomic E-state index is 14.0. The van der Waals surface area contributed by atoms with Gasteiger partial charge in [-0.15, -0.1) is 0 Å². The molecule has 2 unspecified atom stereocenters. The van der Waals surface area contributed by atoms with Crippen LogP contribution in [0.2, 0.25) is 0 Å². The second kappa shape index (κ2) is 4.03. The van der Waals surface area contributed by atoms with E-state index < -0.39 is 31.8 Å². The molecule has 2 fully saturated rings. The van der Waals surface area contributed by atoms with Crippen LogP contribution in [0.25, 0.3) is 0 Å². The van der Waals surface area contributed by atoms with Crippen molar-refractivity contribution in [3.63, 3.8) is 0 Å². The molecule has 1 aromatic carbocycles. The summed E-state index contributed by atoms with van der Waals surface area (Å²) in [7, 11) is -3.11. The van der Waals surface area contributed by atoms with Crippen molar-refractivity contribution in [3.8, 4) is 0 Å². The largest absolute Gasteiger partial charge is 0.385 e. The zero-order valence-corrected chi connectivity index (χ0v) is 11.6. The van der Waals surface area contributed by atoms with E-state index in [1.54, 1.807) is 12.1 Å². The molecule has 1 N–H and O–H groups in total. The van der Waals surface area contributed by atoms with Crippen LogP contribution in [0.1, 0.15) is 36.8 Å². The summed E-state index contributed by atoms with van der Waals surface area (Å²) in [6.07, 6.45) is 1.41. The second-order valence-electron chi connectivity index (χ2n) is 5.83. The normalized spacial score (nSPS) is 36.4. The number of sulfone groups is 1. The summed E-state index contributed by atoms with van der Waals surface area (Å²) >= 11 is 0. The van der Waals surface area contributed by atoms with Crippen LogP contribution >= 0.6 is 0 Å². The highest BCUT2D eigenvalue weighted by atomic mass is 32.2. The van der Waals surface area contributed by atoms with Crippen molar-refractivity contribution in [2.75, 3.05) is 0 Å². The highest BCUT2D eigenvalue weighted by Crippen LogP contribution is 2.48. The van der Waals surface area contributed by atoms with Crippen molar-refractivity contribution < 1.29 is 17.9 Å². The third-order valence-corrected chi connectivity index (χ3v) is 7.16. The van der Waals surface area contributed by atoms with Crippen LogP contribution < -0.4 is 0 Å². The van der Waals surface area contributed by atoms with Crippen molar-refractivity contribution >= 4 is 9.84 Å². The molecule has 2 atom stereocenters. The quantitative estimate of drug-likeness (QED) is 0.859. The molecule has 2 saturated heterocycles. The predicted molar refractivity (Wildman–Crippen MR) is 70.0 cm³/mol. The Bertz CT molecular complexity index is 604. The standard InChI is InChI=1S/C14H17FO3S/c1-9-2-5-13(15)12(6-9)14(16)7-10-3-4-11(8-14)19(10,17)18/h2,5-6,10-11,16H,3-4,7-8H2,1H3. The van der Waals surface area contributed by atoms with Gasteiger partial charge in [-0.05, 0) is 38.7 Å². The van der Waals surface area contributed by atoms with E-state index in [0.29, 0.717) is 12.8 Å². The van der Waals surface area contributed by atoms with Gasteiger partial charge in [-0.25, -0.2) is 12.8 Å². The minimum atomic E-state index is -3.11. The number of hydrogen-bond donors (Lipinski definition) is 1. The number of hydrogen-bond acceptors (Lipinski definition) is 3. The molecule has 0 amide bonds. The monoisotopic (exact) mass is 284 g/mol. The molecule has 2 aliphatic rings. The lowest BCUT2D eigenvalue weighted by Gasteiger charge is -2.36. The fourth-order valence-electron chi connectivity index (χ4n) is 3.46. The van der Waals surface area contributed by atoms with Gasteiger partial charge in [0.05, 0.1) is 16.1 Å². The molecule has 0 spiro atoms. The zero-order valence-electron chi connectivity index (χ0n) is 10.8. The average molecular weight is 284 g/mol. The van der Waals surface area contributed by atoms with Gasteiger partial charge in [0.25, 0.3) is 0 Å². The fraction of sp³-hybridized carbons (Fsp3) is 0.571. The van der Waals surface area contributed by atoms with Gasteiger partial charge >= 0.3 is 0 Å². The van der Waals surface area contributed by atoms with Crippen molar-refractivity contribution in [1.82, 2.24) is 0 Å². The first-order valence-electron chi connectivity index (χ1n) is 6.55. The van der Waals surface area contributed by atoms with E-state index >= 15 is 0 Å². The summed E-state index contributed by atoms with van der Waals surface area (Å²) in [6, 6.07) is 4.62. The van der Waals surface area contributed by atoms with Gasteiger partial charge in [-0.2, -0.15) is 0 Å². The average Bonchev–Trinajstić information content (AvgIpc) is 2.53. The smallest absolute Gasteiger partial charge is 0.156 e. The maximum Gasteiger partial charge on any atom is 0.156 e. The summed E-state index contributed by atoms with van der Waals surface area (Å²) in [5.41, 5.74) is -0.224. The first-order chi connectivity index (χ1) is 8.83. The molecule has 0 aromatic heterocycles. The van der Waals surface area contributed by atoms with Gasteiger partial charge in [0.15, 0.2) is 9.84 Å². The Labute approximate surface area is 112 Å². The number of aryl methyl sites for hydroxylation is 1. The zero-order chi connectivity index (χ0) is 13.8. The molecule has 0 radical (unpaired) electrons. The van der Waals surface area contributed by atoms with Crippen molar-refractivity contribution in [2.24, 2.45) is 0 Å². The Morgan fingerprint density at radius 2 is 1.84 bits per heavy atom. The predicted octanol–water partition coefficient (Wildman–Crippen LogP) is 2.06. The Balaban J connectivity index is 2.04. The summed E-state index contributed by atoms with van der Waals surface area (Å²) in [5, 5.41) is 9.72. The second-order valence-corrected chi connectivity index (χ2v) is 8.34. The molecule has 2 heterocycles. The third kappa shape index (κ3) is 1.91. The Morgan fingerprint density at radius 1 is 1.26 bits per heavy atom. The summed E-state index contributed by atoms with van der Waals surface area (Å²) in [4.78, 5) is 0. The summed E-state index contributed by atoms with van der Waals surface area (Å²) in [6.45, 7) is 1.83. The molecule has 5 heteroatoms. The molecule has 2 bridgehead atoms. The van der Waals surface area contributed by atoms with E-state index in [1.165, 1.54) is 6.07 Å². The van der Waals surface area contributed by atoms with Crippen LogP contribution in [0.15, 0.2) is 18.2 Å². The van der Waals surface area contributed by atoms with Gasteiger partial charge in [0.2, 0.25) is 0 Å². The van der Waals surface area contributed by atoms with Crippen molar-refractivity contribution in [3.05, 3.63) is 35.1 Å². The molecule has 0 aliphatic carbocycles.